The summed E-state index contributed by atoms with van der Waals surface area (Å²) < 4.78 is 0. The Hall–Kier alpha value is -2.11. The van der Waals surface area contributed by atoms with Crippen molar-refractivity contribution in [2.24, 2.45) is 0 Å². The maximum Gasteiger partial charge on any atom is 0.196 e. The number of hydrogen-bond donors (Lipinski definition) is 2. The maximum absolute atomic E-state index is 13.0. The molecule has 0 aliphatic carbocycles. The van der Waals surface area contributed by atoms with Gasteiger partial charge in [-0.25, -0.2) is 0 Å². The van der Waals surface area contributed by atoms with Crippen LogP contribution in [0, 0.1) is 0 Å². The van der Waals surface area contributed by atoms with Crippen molar-refractivity contribution in [3.63, 3.8) is 0 Å². The van der Waals surface area contributed by atoms with Crippen LogP contribution in [0.1, 0.15) is 15.9 Å². The van der Waals surface area contributed by atoms with E-state index in [2.05, 4.69) is 10.6 Å². The molecule has 0 fully saturated rings. The molecule has 27 heavy (non-hydrogen) atoms. The Labute approximate surface area is 177 Å². The molecule has 0 saturated carbocycles. The van der Waals surface area contributed by atoms with Gasteiger partial charge in [0, 0.05) is 16.1 Å². The van der Waals surface area contributed by atoms with Gasteiger partial charge in [0.2, 0.25) is 0 Å². The van der Waals surface area contributed by atoms with Gasteiger partial charge in [-0.15, -0.1) is 0 Å². The number of thiocarbonyl (C=S) groups is 1. The van der Waals surface area contributed by atoms with Gasteiger partial charge in [0.25, 0.3) is 0 Å². The summed E-state index contributed by atoms with van der Waals surface area (Å²) in [5.74, 6) is -0.258. The van der Waals surface area contributed by atoms with Gasteiger partial charge in [0.1, 0.15) is 0 Å². The molecule has 0 radical (unpaired) electrons. The molecule has 3 aromatic carbocycles. The first-order chi connectivity index (χ1) is 13.0. The Morgan fingerprint density at radius 1 is 0.741 bits per heavy atom. The largest absolute Gasteiger partial charge is 0.332 e. The molecular formula is C20H13Cl3N2OS. The number of rotatable bonds is 4. The van der Waals surface area contributed by atoms with Crippen LogP contribution in [0.2, 0.25) is 15.1 Å². The van der Waals surface area contributed by atoms with E-state index in [-0.39, 0.29) is 5.78 Å². The zero-order chi connectivity index (χ0) is 19.4. The third kappa shape index (κ3) is 4.79. The molecule has 0 aromatic heterocycles. The summed E-state index contributed by atoms with van der Waals surface area (Å²) in [5.41, 5.74) is 1.91. The molecule has 0 atom stereocenters. The highest BCUT2D eigenvalue weighted by Gasteiger charge is 2.17. The SMILES string of the molecule is O=C(c1ccccc1Cl)c1cc(Cl)ccc1NC(=S)Nc1ccccc1Cl. The van der Waals surface area contributed by atoms with Crippen LogP contribution in [0.15, 0.2) is 66.7 Å². The van der Waals surface area contributed by atoms with Crippen molar-refractivity contribution in [1.82, 2.24) is 0 Å². The molecule has 0 amide bonds. The van der Waals surface area contributed by atoms with Crippen molar-refractivity contribution in [2.45, 2.75) is 0 Å². The van der Waals surface area contributed by atoms with E-state index in [9.17, 15) is 4.79 Å². The fraction of sp³-hybridized carbons (Fsp3) is 0. The Balaban J connectivity index is 1.88. The molecule has 0 bridgehead atoms. The summed E-state index contributed by atoms with van der Waals surface area (Å²) >= 11 is 23.7. The average Bonchev–Trinajstić information content (AvgIpc) is 2.65. The smallest absolute Gasteiger partial charge is 0.196 e. The Morgan fingerprint density at radius 2 is 1.37 bits per heavy atom. The fourth-order valence-electron chi connectivity index (χ4n) is 2.44. The Bertz CT molecular complexity index is 1020. The quantitative estimate of drug-likeness (QED) is 0.354. The Kier molecular flexibility index (Phi) is 6.34. The van der Waals surface area contributed by atoms with Crippen LogP contribution in [0.25, 0.3) is 0 Å². The third-order valence-electron chi connectivity index (χ3n) is 3.71. The molecule has 3 rings (SSSR count). The van der Waals surface area contributed by atoms with Crippen LogP contribution in [-0.4, -0.2) is 10.9 Å². The van der Waals surface area contributed by atoms with E-state index in [1.54, 1.807) is 54.6 Å². The minimum absolute atomic E-state index is 0.258. The highest BCUT2D eigenvalue weighted by atomic mass is 35.5. The van der Waals surface area contributed by atoms with Gasteiger partial charge >= 0.3 is 0 Å². The molecule has 0 aliphatic rings. The monoisotopic (exact) mass is 434 g/mol. The topological polar surface area (TPSA) is 41.1 Å². The zero-order valence-electron chi connectivity index (χ0n) is 13.8. The summed E-state index contributed by atoms with van der Waals surface area (Å²) in [6.07, 6.45) is 0. The van der Waals surface area contributed by atoms with E-state index < -0.39 is 0 Å². The number of hydrogen-bond acceptors (Lipinski definition) is 2. The lowest BCUT2D eigenvalue weighted by Crippen LogP contribution is -2.21. The lowest BCUT2D eigenvalue weighted by atomic mass is 10.0. The van der Waals surface area contributed by atoms with Crippen molar-refractivity contribution in [3.05, 3.63) is 92.9 Å². The highest BCUT2D eigenvalue weighted by molar-refractivity contribution is 7.80. The van der Waals surface area contributed by atoms with Gasteiger partial charge in [0.05, 0.1) is 21.4 Å². The van der Waals surface area contributed by atoms with Crippen molar-refractivity contribution < 1.29 is 4.79 Å². The molecule has 0 saturated heterocycles. The molecule has 0 spiro atoms. The molecule has 0 heterocycles. The number of anilines is 2. The minimum Gasteiger partial charge on any atom is -0.332 e. The zero-order valence-corrected chi connectivity index (χ0v) is 16.9. The molecular weight excluding hydrogens is 423 g/mol. The van der Waals surface area contributed by atoms with E-state index in [4.69, 9.17) is 47.0 Å². The molecule has 7 heteroatoms. The highest BCUT2D eigenvalue weighted by Crippen LogP contribution is 2.27. The van der Waals surface area contributed by atoms with Crippen LogP contribution in [0.5, 0.6) is 0 Å². The summed E-state index contributed by atoms with van der Waals surface area (Å²) in [4.78, 5) is 13.0. The van der Waals surface area contributed by atoms with Crippen LogP contribution in [0.3, 0.4) is 0 Å². The van der Waals surface area contributed by atoms with Crippen LogP contribution in [0.4, 0.5) is 11.4 Å². The van der Waals surface area contributed by atoms with Gasteiger partial charge in [-0.3, -0.25) is 4.79 Å². The minimum atomic E-state index is -0.258. The number of para-hydroxylation sites is 1. The van der Waals surface area contributed by atoms with E-state index in [1.807, 2.05) is 12.1 Å². The molecule has 0 unspecified atom stereocenters. The van der Waals surface area contributed by atoms with Gasteiger partial charge in [-0.1, -0.05) is 59.1 Å². The lowest BCUT2D eigenvalue weighted by molar-refractivity contribution is 0.103. The third-order valence-corrected chi connectivity index (χ3v) is 4.81. The summed E-state index contributed by atoms with van der Waals surface area (Å²) in [6.45, 7) is 0. The number of benzene rings is 3. The number of carbonyl (C=O) groups excluding carboxylic acids is 1. The number of ketones is 1. The van der Waals surface area contributed by atoms with E-state index in [1.165, 1.54) is 0 Å². The Morgan fingerprint density at radius 3 is 2.07 bits per heavy atom. The summed E-state index contributed by atoms with van der Waals surface area (Å²) in [7, 11) is 0. The van der Waals surface area contributed by atoms with Gasteiger partial charge in [0.15, 0.2) is 10.9 Å². The molecule has 136 valence electrons. The molecule has 3 aromatic rings. The summed E-state index contributed by atoms with van der Waals surface area (Å²) in [5, 5.41) is 7.65. The standard InChI is InChI=1S/C20H13Cl3N2OS/c21-12-9-10-17(24-20(27)25-18-8-4-3-7-16(18)23)14(11-12)19(26)13-5-1-2-6-15(13)22/h1-11H,(H2,24,25,27). The summed E-state index contributed by atoms with van der Waals surface area (Å²) in [6, 6.07) is 19.0. The number of nitrogens with one attached hydrogen (secondary N) is 2. The first-order valence-electron chi connectivity index (χ1n) is 7.87. The fourth-order valence-corrected chi connectivity index (χ4v) is 3.24. The lowest BCUT2D eigenvalue weighted by Gasteiger charge is -2.15. The number of halogens is 3. The van der Waals surface area contributed by atoms with Crippen molar-refractivity contribution in [2.75, 3.05) is 10.6 Å². The molecule has 2 N–H and O–H groups in total. The number of carbonyl (C=O) groups is 1. The normalized spacial score (nSPS) is 10.3. The molecule has 0 aliphatic heterocycles. The first-order valence-corrected chi connectivity index (χ1v) is 9.41. The molecule has 3 nitrogen and oxygen atoms in total. The van der Waals surface area contributed by atoms with Gasteiger partial charge in [-0.2, -0.15) is 0 Å². The van der Waals surface area contributed by atoms with Crippen molar-refractivity contribution in [1.29, 1.82) is 0 Å². The van der Waals surface area contributed by atoms with Crippen LogP contribution >= 0.6 is 47.0 Å². The first kappa shape index (κ1) is 19.6. The second-order valence-corrected chi connectivity index (χ2v) is 7.22. The van der Waals surface area contributed by atoms with Crippen LogP contribution < -0.4 is 10.6 Å². The van der Waals surface area contributed by atoms with Crippen LogP contribution in [-0.2, 0) is 0 Å². The maximum atomic E-state index is 13.0. The second kappa shape index (κ2) is 8.72. The second-order valence-electron chi connectivity index (χ2n) is 5.56. The van der Waals surface area contributed by atoms with Crippen molar-refractivity contribution in [3.8, 4) is 0 Å². The van der Waals surface area contributed by atoms with E-state index in [0.717, 1.165) is 0 Å². The average molecular weight is 436 g/mol. The van der Waals surface area contributed by atoms with Crippen molar-refractivity contribution >= 4 is 69.3 Å². The van der Waals surface area contributed by atoms with E-state index >= 15 is 0 Å². The predicted molar refractivity (Wildman–Crippen MR) is 118 cm³/mol. The van der Waals surface area contributed by atoms with E-state index in [0.29, 0.717) is 42.7 Å². The van der Waals surface area contributed by atoms with Gasteiger partial charge < -0.3 is 10.6 Å². The predicted octanol–water partition coefficient (Wildman–Crippen LogP) is 6.69. The van der Waals surface area contributed by atoms with Gasteiger partial charge in [-0.05, 0) is 54.7 Å².